The summed E-state index contributed by atoms with van der Waals surface area (Å²) in [7, 11) is 3.91. The molecule has 3 amide bonds. The summed E-state index contributed by atoms with van der Waals surface area (Å²) in [6.07, 6.45) is -2.48. The Hall–Kier alpha value is -5.19. The molecular formula is C36H33N5O5. The number of nitrogens with one attached hydrogen (secondary N) is 1. The molecule has 8 rings (SSSR count). The maximum atomic E-state index is 13.9. The Morgan fingerprint density at radius 3 is 1.93 bits per heavy atom. The highest BCUT2D eigenvalue weighted by molar-refractivity contribution is 6.39. The maximum Gasteiger partial charge on any atom is 0.410 e. The first-order valence-corrected chi connectivity index (χ1v) is 15.5. The van der Waals surface area contributed by atoms with Crippen molar-refractivity contribution < 1.29 is 24.2 Å². The predicted molar refractivity (Wildman–Crippen MR) is 176 cm³/mol. The number of carbonyl (C=O) groups is 3. The molecular weight excluding hydrogens is 582 g/mol. The number of imide groups is 1. The van der Waals surface area contributed by atoms with Crippen LogP contribution in [-0.2, 0) is 24.4 Å². The Morgan fingerprint density at radius 2 is 1.35 bits per heavy atom. The molecule has 4 heterocycles. The lowest BCUT2D eigenvalue weighted by Crippen LogP contribution is -2.44. The summed E-state index contributed by atoms with van der Waals surface area (Å²) in [6, 6.07) is 25.2. The van der Waals surface area contributed by atoms with Crippen molar-refractivity contribution in [3.8, 4) is 0 Å². The van der Waals surface area contributed by atoms with Crippen LogP contribution in [0.3, 0.4) is 0 Å². The predicted octanol–water partition coefficient (Wildman–Crippen LogP) is 4.73. The third kappa shape index (κ3) is 4.28. The summed E-state index contributed by atoms with van der Waals surface area (Å²) >= 11 is 0. The van der Waals surface area contributed by atoms with Crippen molar-refractivity contribution in [3.05, 3.63) is 95.6 Å². The van der Waals surface area contributed by atoms with Crippen molar-refractivity contribution in [2.24, 2.45) is 0 Å². The van der Waals surface area contributed by atoms with Crippen molar-refractivity contribution >= 4 is 61.5 Å². The van der Waals surface area contributed by atoms with E-state index in [-0.39, 0.29) is 13.1 Å². The number of benzene rings is 4. The molecule has 0 saturated heterocycles. The van der Waals surface area contributed by atoms with E-state index in [0.717, 1.165) is 38.4 Å². The smallest absolute Gasteiger partial charge is 0.410 e. The fourth-order valence-corrected chi connectivity index (χ4v) is 7.20. The van der Waals surface area contributed by atoms with Gasteiger partial charge < -0.3 is 28.8 Å². The number of hydrogen-bond acceptors (Lipinski definition) is 6. The minimum Gasteiger partial charge on any atom is -0.441 e. The molecule has 0 bridgehead atoms. The van der Waals surface area contributed by atoms with Crippen molar-refractivity contribution in [1.82, 2.24) is 24.3 Å². The molecule has 232 valence electrons. The van der Waals surface area contributed by atoms with Crippen molar-refractivity contribution in [3.63, 3.8) is 0 Å². The zero-order valence-electron chi connectivity index (χ0n) is 25.6. The Balaban J connectivity index is 1.31. The molecule has 46 heavy (non-hydrogen) atoms. The van der Waals surface area contributed by atoms with Gasteiger partial charge in [0.15, 0.2) is 0 Å². The van der Waals surface area contributed by atoms with Gasteiger partial charge in [0.2, 0.25) is 0 Å². The van der Waals surface area contributed by atoms with Gasteiger partial charge >= 0.3 is 6.09 Å². The number of ether oxygens (including phenoxy) is 1. The van der Waals surface area contributed by atoms with Crippen LogP contribution in [0.1, 0.15) is 26.3 Å². The van der Waals surface area contributed by atoms with E-state index in [2.05, 4.69) is 5.32 Å². The molecule has 0 spiro atoms. The minimum absolute atomic E-state index is 0.128. The third-order valence-electron chi connectivity index (χ3n) is 9.30. The number of hydrogen-bond donors (Lipinski definition) is 2. The fourth-order valence-electron chi connectivity index (χ4n) is 7.20. The van der Waals surface area contributed by atoms with E-state index in [4.69, 9.17) is 4.74 Å². The monoisotopic (exact) mass is 615 g/mol. The number of likely N-dealkylation sites (N-methyl/N-ethyl adjacent to an activating group) is 1. The number of rotatable bonds is 6. The molecule has 0 saturated carbocycles. The number of aromatic nitrogens is 2. The van der Waals surface area contributed by atoms with Gasteiger partial charge in [0, 0.05) is 52.2 Å². The molecule has 2 aliphatic rings. The molecule has 0 radical (unpaired) electrons. The largest absolute Gasteiger partial charge is 0.441 e. The fraction of sp³-hybridized carbons (Fsp3) is 0.250. The van der Waals surface area contributed by atoms with Crippen LogP contribution in [0.15, 0.2) is 78.9 Å². The molecule has 10 nitrogen and oxygen atoms in total. The second-order valence-corrected chi connectivity index (χ2v) is 12.4. The topological polar surface area (TPSA) is 109 Å². The number of nitrogens with zero attached hydrogens (tertiary/aromatic N) is 4. The van der Waals surface area contributed by atoms with Gasteiger partial charge in [0.05, 0.1) is 35.2 Å². The zero-order chi connectivity index (χ0) is 31.7. The first-order valence-electron chi connectivity index (χ1n) is 15.5. The van der Waals surface area contributed by atoms with Crippen molar-refractivity contribution in [2.75, 3.05) is 27.2 Å². The molecule has 2 N–H and O–H groups in total. The SMILES string of the molecule is CN(C)CCN(Cc1ccccc1)C(=O)OC1Cn2c3ccccc3c3c4c(c5c6ccccc6n(c5c32)CC1O)C(=O)NC4=O. The Morgan fingerprint density at radius 1 is 0.804 bits per heavy atom. The van der Waals surface area contributed by atoms with Gasteiger partial charge in [-0.15, -0.1) is 0 Å². The van der Waals surface area contributed by atoms with Gasteiger partial charge in [-0.2, -0.15) is 0 Å². The first kappa shape index (κ1) is 28.3. The number of amides is 3. The minimum atomic E-state index is -1.07. The van der Waals surface area contributed by atoms with Crippen LogP contribution in [0.5, 0.6) is 0 Å². The summed E-state index contributed by atoms with van der Waals surface area (Å²) in [6.45, 7) is 1.75. The van der Waals surface area contributed by atoms with Crippen molar-refractivity contribution in [2.45, 2.75) is 31.8 Å². The second kappa shape index (κ2) is 10.7. The number of carbonyl (C=O) groups excluding carboxylic acids is 3. The van der Waals surface area contributed by atoms with Crippen LogP contribution >= 0.6 is 0 Å². The van der Waals surface area contributed by atoms with Gasteiger partial charge in [0.1, 0.15) is 12.2 Å². The molecule has 0 aliphatic carbocycles. The summed E-state index contributed by atoms with van der Waals surface area (Å²) < 4.78 is 10.3. The Labute approximate surface area is 264 Å². The Kier molecular flexibility index (Phi) is 6.59. The van der Waals surface area contributed by atoms with Gasteiger partial charge in [-0.3, -0.25) is 14.9 Å². The lowest BCUT2D eigenvalue weighted by Gasteiger charge is -2.31. The van der Waals surface area contributed by atoms with E-state index in [1.807, 2.05) is 107 Å². The number of aliphatic hydroxyl groups excluding tert-OH is 1. The summed E-state index contributed by atoms with van der Waals surface area (Å²) in [5, 5.41) is 17.4. The second-order valence-electron chi connectivity index (χ2n) is 12.4. The number of para-hydroxylation sites is 2. The molecule has 2 atom stereocenters. The van der Waals surface area contributed by atoms with Gasteiger partial charge in [0.25, 0.3) is 11.8 Å². The average molecular weight is 616 g/mol. The maximum absolute atomic E-state index is 13.9. The van der Waals surface area contributed by atoms with Crippen LogP contribution in [0.4, 0.5) is 4.79 Å². The summed E-state index contributed by atoms with van der Waals surface area (Å²) in [4.78, 5) is 44.4. The quantitative estimate of drug-likeness (QED) is 0.263. The van der Waals surface area contributed by atoms with E-state index in [9.17, 15) is 19.5 Å². The van der Waals surface area contributed by atoms with E-state index in [1.54, 1.807) is 4.90 Å². The summed E-state index contributed by atoms with van der Waals surface area (Å²) in [5.41, 5.74) is 4.89. The number of aliphatic hydroxyl groups is 1. The number of fused-ring (bicyclic) bond motifs is 9. The van der Waals surface area contributed by atoms with E-state index in [0.29, 0.717) is 41.5 Å². The zero-order valence-corrected chi connectivity index (χ0v) is 25.6. The Bertz CT molecular complexity index is 2220. The van der Waals surface area contributed by atoms with Crippen LogP contribution < -0.4 is 5.32 Å². The van der Waals surface area contributed by atoms with Crippen LogP contribution in [-0.4, -0.2) is 81.3 Å². The molecule has 4 aromatic carbocycles. The molecule has 2 unspecified atom stereocenters. The molecule has 2 aromatic heterocycles. The lowest BCUT2D eigenvalue weighted by atomic mass is 9.96. The van der Waals surface area contributed by atoms with E-state index in [1.165, 1.54) is 0 Å². The average Bonchev–Trinajstić information content (AvgIpc) is 3.65. The lowest BCUT2D eigenvalue weighted by molar-refractivity contribution is -0.0262. The normalized spacial score (nSPS) is 17.7. The highest BCUT2D eigenvalue weighted by Crippen LogP contribution is 2.45. The molecule has 10 heteroatoms. The van der Waals surface area contributed by atoms with Gasteiger partial charge in [-0.1, -0.05) is 66.7 Å². The van der Waals surface area contributed by atoms with Crippen molar-refractivity contribution in [1.29, 1.82) is 0 Å². The third-order valence-corrected chi connectivity index (χ3v) is 9.30. The van der Waals surface area contributed by atoms with Gasteiger partial charge in [-0.05, 0) is 31.8 Å². The first-order chi connectivity index (χ1) is 22.3. The molecule has 0 fully saturated rings. The summed E-state index contributed by atoms with van der Waals surface area (Å²) in [5.74, 6) is -0.851. The van der Waals surface area contributed by atoms with E-state index < -0.39 is 30.1 Å². The van der Waals surface area contributed by atoms with Crippen LogP contribution in [0.25, 0.3) is 43.6 Å². The van der Waals surface area contributed by atoms with Crippen LogP contribution in [0, 0.1) is 0 Å². The van der Waals surface area contributed by atoms with Crippen LogP contribution in [0.2, 0.25) is 0 Å². The standard InChI is InChI=1S/C36H33N5O5/c1-38(2)16-17-39(18-21-10-4-3-5-11-21)36(45)46-27-20-41-25-15-9-7-13-23(25)29-31-30(34(43)37-35(31)44)28-22-12-6-8-14-24(22)40(19-26(27)42)32(28)33(29)41/h3-15,26-27,42H,16-20H2,1-2H3,(H,37,43,44). The molecule has 6 aromatic rings. The highest BCUT2D eigenvalue weighted by Gasteiger charge is 2.39. The van der Waals surface area contributed by atoms with Gasteiger partial charge in [-0.25, -0.2) is 4.79 Å². The molecule has 2 aliphatic heterocycles. The van der Waals surface area contributed by atoms with E-state index >= 15 is 0 Å². The highest BCUT2D eigenvalue weighted by atomic mass is 16.6.